The fourth-order valence-corrected chi connectivity index (χ4v) is 4.14. The molecule has 23 heavy (non-hydrogen) atoms. The second kappa shape index (κ2) is 6.67. The third-order valence-electron chi connectivity index (χ3n) is 5.22. The lowest BCUT2D eigenvalue weighted by molar-refractivity contribution is 0.0880. The van der Waals surface area contributed by atoms with E-state index >= 15 is 0 Å². The zero-order valence-electron chi connectivity index (χ0n) is 13.6. The van der Waals surface area contributed by atoms with Crippen molar-refractivity contribution in [1.29, 1.82) is 0 Å². The molecule has 2 nitrogen and oxygen atoms in total. The fraction of sp³-hybridized carbons (Fsp3) is 0.381. The van der Waals surface area contributed by atoms with Crippen LogP contribution in [0.2, 0.25) is 0 Å². The Kier molecular flexibility index (Phi) is 4.25. The summed E-state index contributed by atoms with van der Waals surface area (Å²) in [6.07, 6.45) is 12.7. The lowest BCUT2D eigenvalue weighted by atomic mass is 9.83. The van der Waals surface area contributed by atoms with E-state index in [1.807, 2.05) is 18.5 Å². The molecule has 3 heterocycles. The maximum absolute atomic E-state index is 4.26. The van der Waals surface area contributed by atoms with Crippen LogP contribution in [0.5, 0.6) is 0 Å². The van der Waals surface area contributed by atoms with Crippen molar-refractivity contribution in [2.45, 2.75) is 50.7 Å². The van der Waals surface area contributed by atoms with Crippen LogP contribution in [0.3, 0.4) is 0 Å². The molecule has 1 saturated heterocycles. The van der Waals surface area contributed by atoms with Gasteiger partial charge in [0.15, 0.2) is 0 Å². The van der Waals surface area contributed by atoms with Crippen molar-refractivity contribution in [1.82, 2.24) is 9.88 Å². The van der Waals surface area contributed by atoms with Gasteiger partial charge in [0, 0.05) is 31.0 Å². The molecule has 2 aliphatic heterocycles. The summed E-state index contributed by atoms with van der Waals surface area (Å²) in [7, 11) is 0. The van der Waals surface area contributed by atoms with Crippen LogP contribution in [0.15, 0.2) is 66.5 Å². The van der Waals surface area contributed by atoms with Gasteiger partial charge in [-0.1, -0.05) is 54.5 Å². The van der Waals surface area contributed by atoms with Crippen molar-refractivity contribution >= 4 is 0 Å². The molecule has 0 saturated carbocycles. The molecule has 0 aliphatic carbocycles. The molecule has 1 fully saturated rings. The summed E-state index contributed by atoms with van der Waals surface area (Å²) < 4.78 is 0. The Morgan fingerprint density at radius 2 is 1.87 bits per heavy atom. The molecule has 118 valence electrons. The molecule has 2 atom stereocenters. The summed E-state index contributed by atoms with van der Waals surface area (Å²) in [6.45, 7) is 1.09. The van der Waals surface area contributed by atoms with E-state index < -0.39 is 0 Å². The number of piperidine rings is 1. The molecule has 2 aliphatic rings. The number of nitrogens with zero attached hydrogens (tertiary/aromatic N) is 2. The van der Waals surface area contributed by atoms with Gasteiger partial charge in [-0.15, -0.1) is 0 Å². The van der Waals surface area contributed by atoms with Crippen molar-refractivity contribution in [2.75, 3.05) is 0 Å². The van der Waals surface area contributed by atoms with E-state index in [4.69, 9.17) is 0 Å². The SMILES string of the molecule is C1=C(Cc2cccnc2)CC2CCCC1N2Cc1ccccc1. The van der Waals surface area contributed by atoms with Crippen molar-refractivity contribution in [3.05, 3.63) is 77.6 Å². The van der Waals surface area contributed by atoms with Gasteiger partial charge in [-0.3, -0.25) is 9.88 Å². The molecule has 1 aromatic heterocycles. The number of pyridine rings is 1. The van der Waals surface area contributed by atoms with Crippen LogP contribution >= 0.6 is 0 Å². The smallest absolute Gasteiger partial charge is 0.0303 e. The largest absolute Gasteiger partial charge is 0.289 e. The van der Waals surface area contributed by atoms with Gasteiger partial charge in [0.05, 0.1) is 0 Å². The molecular weight excluding hydrogens is 280 g/mol. The average Bonchev–Trinajstić information content (AvgIpc) is 2.57. The monoisotopic (exact) mass is 304 g/mol. The second-order valence-corrected chi connectivity index (χ2v) is 6.88. The normalized spacial score (nSPS) is 24.3. The molecule has 0 N–H and O–H groups in total. The van der Waals surface area contributed by atoms with Gasteiger partial charge < -0.3 is 0 Å². The minimum atomic E-state index is 0.620. The highest BCUT2D eigenvalue weighted by molar-refractivity contribution is 5.25. The highest BCUT2D eigenvalue weighted by atomic mass is 15.2. The van der Waals surface area contributed by atoms with Gasteiger partial charge in [0.25, 0.3) is 0 Å². The average molecular weight is 304 g/mol. The van der Waals surface area contributed by atoms with E-state index in [9.17, 15) is 0 Å². The first-order chi connectivity index (χ1) is 11.4. The van der Waals surface area contributed by atoms with Crippen molar-refractivity contribution in [3.63, 3.8) is 0 Å². The van der Waals surface area contributed by atoms with E-state index in [-0.39, 0.29) is 0 Å². The lowest BCUT2D eigenvalue weighted by Crippen LogP contribution is -2.48. The first kappa shape index (κ1) is 14.6. The standard InChI is InChI=1S/C21H24N2/c1-2-6-17(7-3-1)16-23-20-9-4-10-21(23)14-19(13-20)12-18-8-5-11-22-15-18/h1-3,5-8,11,13,15,20-21H,4,9-10,12,14,16H2. The summed E-state index contributed by atoms with van der Waals surface area (Å²) >= 11 is 0. The number of fused-ring (bicyclic) bond motifs is 2. The van der Waals surface area contributed by atoms with Crippen molar-refractivity contribution in [2.24, 2.45) is 0 Å². The van der Waals surface area contributed by atoms with Gasteiger partial charge in [-0.05, 0) is 42.9 Å². The fourth-order valence-electron chi connectivity index (χ4n) is 4.14. The van der Waals surface area contributed by atoms with Gasteiger partial charge >= 0.3 is 0 Å². The van der Waals surface area contributed by atoms with E-state index in [1.54, 1.807) is 5.57 Å². The molecule has 1 aromatic carbocycles. The van der Waals surface area contributed by atoms with Crippen LogP contribution in [-0.2, 0) is 13.0 Å². The van der Waals surface area contributed by atoms with Crippen molar-refractivity contribution < 1.29 is 0 Å². The van der Waals surface area contributed by atoms with Crippen LogP contribution in [0.4, 0.5) is 0 Å². The third-order valence-corrected chi connectivity index (χ3v) is 5.22. The number of hydrogen-bond acceptors (Lipinski definition) is 2. The second-order valence-electron chi connectivity index (χ2n) is 6.88. The van der Waals surface area contributed by atoms with Gasteiger partial charge in [0.2, 0.25) is 0 Å². The molecule has 0 spiro atoms. The highest BCUT2D eigenvalue weighted by Gasteiger charge is 2.33. The van der Waals surface area contributed by atoms with Gasteiger partial charge in [-0.25, -0.2) is 0 Å². The molecule has 4 rings (SSSR count). The van der Waals surface area contributed by atoms with E-state index in [1.165, 1.54) is 36.8 Å². The maximum atomic E-state index is 4.26. The first-order valence-corrected chi connectivity index (χ1v) is 8.76. The quantitative estimate of drug-likeness (QED) is 0.779. The Balaban J connectivity index is 1.51. The molecule has 0 radical (unpaired) electrons. The lowest BCUT2D eigenvalue weighted by Gasteiger charge is -2.45. The summed E-state index contributed by atoms with van der Waals surface area (Å²) in [4.78, 5) is 6.98. The third kappa shape index (κ3) is 3.37. The van der Waals surface area contributed by atoms with Crippen molar-refractivity contribution in [3.8, 4) is 0 Å². The van der Waals surface area contributed by atoms with Crippen LogP contribution in [0.25, 0.3) is 0 Å². The Morgan fingerprint density at radius 1 is 1.00 bits per heavy atom. The van der Waals surface area contributed by atoms with Gasteiger partial charge in [-0.2, -0.15) is 0 Å². The summed E-state index contributed by atoms with van der Waals surface area (Å²) in [5, 5.41) is 0. The van der Waals surface area contributed by atoms with Crippen LogP contribution in [-0.4, -0.2) is 22.0 Å². The van der Waals surface area contributed by atoms with Crippen LogP contribution in [0, 0.1) is 0 Å². The molecule has 2 bridgehead atoms. The highest BCUT2D eigenvalue weighted by Crippen LogP contribution is 2.35. The maximum Gasteiger partial charge on any atom is 0.0303 e. The predicted octanol–water partition coefficient (Wildman–Crippen LogP) is 4.38. The summed E-state index contributed by atoms with van der Waals surface area (Å²) in [5.74, 6) is 0. The molecule has 0 amide bonds. The number of rotatable bonds is 4. The zero-order chi connectivity index (χ0) is 15.5. The van der Waals surface area contributed by atoms with Crippen LogP contribution in [0.1, 0.15) is 36.8 Å². The molecule has 2 aromatic rings. The number of hydrogen-bond donors (Lipinski definition) is 0. The minimum Gasteiger partial charge on any atom is -0.289 e. The van der Waals surface area contributed by atoms with E-state index in [0.29, 0.717) is 12.1 Å². The minimum absolute atomic E-state index is 0.620. The molecule has 2 unspecified atom stereocenters. The number of aromatic nitrogens is 1. The molecule has 2 heteroatoms. The topological polar surface area (TPSA) is 16.1 Å². The summed E-state index contributed by atoms with van der Waals surface area (Å²) in [5.41, 5.74) is 4.39. The first-order valence-electron chi connectivity index (χ1n) is 8.76. The zero-order valence-corrected chi connectivity index (χ0v) is 13.6. The number of benzene rings is 1. The molecular formula is C21H24N2. The van der Waals surface area contributed by atoms with Crippen LogP contribution < -0.4 is 0 Å². The summed E-state index contributed by atoms with van der Waals surface area (Å²) in [6, 6.07) is 16.5. The Morgan fingerprint density at radius 3 is 2.65 bits per heavy atom. The predicted molar refractivity (Wildman–Crippen MR) is 94.1 cm³/mol. The Bertz CT molecular complexity index is 663. The Hall–Kier alpha value is -1.93. The van der Waals surface area contributed by atoms with Gasteiger partial charge in [0.1, 0.15) is 0 Å². The van der Waals surface area contributed by atoms with E-state index in [0.717, 1.165) is 13.0 Å². The van der Waals surface area contributed by atoms with E-state index in [2.05, 4.69) is 52.4 Å². The Labute approximate surface area is 138 Å².